The van der Waals surface area contributed by atoms with Crippen molar-refractivity contribution in [2.75, 3.05) is 17.7 Å². The van der Waals surface area contributed by atoms with E-state index in [2.05, 4.69) is 4.98 Å². The predicted molar refractivity (Wildman–Crippen MR) is 77.5 cm³/mol. The summed E-state index contributed by atoms with van der Waals surface area (Å²) >= 11 is 0. The van der Waals surface area contributed by atoms with Gasteiger partial charge in [0, 0.05) is 26.5 Å². The monoisotopic (exact) mass is 295 g/mol. The van der Waals surface area contributed by atoms with Crippen LogP contribution < -0.4 is 15.8 Å². The Balaban J connectivity index is 2.34. The first-order chi connectivity index (χ1) is 9.29. The van der Waals surface area contributed by atoms with E-state index in [4.69, 9.17) is 10.9 Å². The van der Waals surface area contributed by atoms with Gasteiger partial charge in [0.15, 0.2) is 0 Å². The molecule has 0 aliphatic carbocycles. The minimum Gasteiger partial charge on any atom is -0.397 e. The van der Waals surface area contributed by atoms with Crippen LogP contribution in [0.5, 0.6) is 0 Å². The molecular formula is C12H17N5O2S. The first-order valence-corrected chi connectivity index (χ1v) is 7.43. The Hall–Kier alpha value is -2.06. The third-order valence-corrected chi connectivity index (χ3v) is 3.95. The standard InChI is InChI=1S/C12H17N5O2S/c1-16-6-5-15-12(16)8-17(2)11-7-9(20(14,18)19)3-4-10(11)13/h3-7H,8,13H2,1-2H3,(H2,14,18,19). The number of primary sulfonamides is 1. The average molecular weight is 295 g/mol. The maximum absolute atomic E-state index is 11.4. The van der Waals surface area contributed by atoms with Crippen molar-refractivity contribution in [3.05, 3.63) is 36.4 Å². The van der Waals surface area contributed by atoms with E-state index in [0.29, 0.717) is 17.9 Å². The lowest BCUT2D eigenvalue weighted by atomic mass is 10.2. The molecule has 0 aliphatic heterocycles. The summed E-state index contributed by atoms with van der Waals surface area (Å²) in [6, 6.07) is 4.39. The first-order valence-electron chi connectivity index (χ1n) is 5.88. The van der Waals surface area contributed by atoms with Crippen molar-refractivity contribution in [2.45, 2.75) is 11.4 Å². The lowest BCUT2D eigenvalue weighted by molar-refractivity contribution is 0.598. The van der Waals surface area contributed by atoms with E-state index in [-0.39, 0.29) is 4.90 Å². The van der Waals surface area contributed by atoms with E-state index in [1.807, 2.05) is 29.8 Å². The summed E-state index contributed by atoms with van der Waals surface area (Å²) in [4.78, 5) is 6.08. The van der Waals surface area contributed by atoms with Crippen molar-refractivity contribution in [1.82, 2.24) is 9.55 Å². The van der Waals surface area contributed by atoms with Crippen LogP contribution in [-0.4, -0.2) is 25.0 Å². The number of hydrogen-bond donors (Lipinski definition) is 2. The SMILES string of the molecule is CN(Cc1nccn1C)c1cc(S(N)(=O)=O)ccc1N. The van der Waals surface area contributed by atoms with Gasteiger partial charge < -0.3 is 15.2 Å². The lowest BCUT2D eigenvalue weighted by Gasteiger charge is -2.21. The van der Waals surface area contributed by atoms with Crippen molar-refractivity contribution in [3.8, 4) is 0 Å². The van der Waals surface area contributed by atoms with E-state index in [0.717, 1.165) is 5.82 Å². The van der Waals surface area contributed by atoms with Gasteiger partial charge in [-0.3, -0.25) is 0 Å². The van der Waals surface area contributed by atoms with Crippen LogP contribution in [0.25, 0.3) is 0 Å². The van der Waals surface area contributed by atoms with Gasteiger partial charge in [0.25, 0.3) is 0 Å². The second kappa shape index (κ2) is 5.14. The van der Waals surface area contributed by atoms with Crippen LogP contribution in [0, 0.1) is 0 Å². The fourth-order valence-electron chi connectivity index (χ4n) is 1.88. The number of imidazole rings is 1. The van der Waals surface area contributed by atoms with Crippen LogP contribution in [0.15, 0.2) is 35.5 Å². The largest absolute Gasteiger partial charge is 0.397 e. The summed E-state index contributed by atoms with van der Waals surface area (Å²) < 4.78 is 24.7. The zero-order valence-corrected chi connectivity index (χ0v) is 12.1. The van der Waals surface area contributed by atoms with Crippen LogP contribution in [-0.2, 0) is 23.6 Å². The number of sulfonamides is 1. The third-order valence-electron chi connectivity index (χ3n) is 3.04. The van der Waals surface area contributed by atoms with Crippen molar-refractivity contribution in [3.63, 3.8) is 0 Å². The van der Waals surface area contributed by atoms with Gasteiger partial charge in [-0.05, 0) is 18.2 Å². The Morgan fingerprint density at radius 3 is 2.65 bits per heavy atom. The van der Waals surface area contributed by atoms with Crippen molar-refractivity contribution in [2.24, 2.45) is 12.2 Å². The topological polar surface area (TPSA) is 107 Å². The molecule has 0 saturated heterocycles. The Morgan fingerprint density at radius 2 is 2.10 bits per heavy atom. The summed E-state index contributed by atoms with van der Waals surface area (Å²) in [5, 5.41) is 5.13. The number of nitrogens with zero attached hydrogens (tertiary/aromatic N) is 3. The molecule has 8 heteroatoms. The van der Waals surface area contributed by atoms with Gasteiger partial charge in [0.2, 0.25) is 10.0 Å². The molecule has 1 aromatic carbocycles. The molecule has 2 rings (SSSR count). The molecule has 0 bridgehead atoms. The van der Waals surface area contributed by atoms with Crippen molar-refractivity contribution >= 4 is 21.4 Å². The zero-order valence-electron chi connectivity index (χ0n) is 11.3. The van der Waals surface area contributed by atoms with Crippen molar-refractivity contribution in [1.29, 1.82) is 0 Å². The Labute approximate surface area is 117 Å². The maximum atomic E-state index is 11.4. The summed E-state index contributed by atoms with van der Waals surface area (Å²) in [5.74, 6) is 0.841. The van der Waals surface area contributed by atoms with E-state index in [1.54, 1.807) is 6.20 Å². The van der Waals surface area contributed by atoms with Gasteiger partial charge >= 0.3 is 0 Å². The zero-order chi connectivity index (χ0) is 14.9. The summed E-state index contributed by atoms with van der Waals surface area (Å²) in [7, 11) is -0.0469. The second-order valence-electron chi connectivity index (χ2n) is 4.58. The first kappa shape index (κ1) is 14.4. The fraction of sp³-hybridized carbons (Fsp3) is 0.250. The number of nitrogen functional groups attached to an aromatic ring is 1. The second-order valence-corrected chi connectivity index (χ2v) is 6.14. The normalized spacial score (nSPS) is 11.6. The van der Waals surface area contributed by atoms with Gasteiger partial charge in [-0.15, -0.1) is 0 Å². The molecule has 1 heterocycles. The number of benzene rings is 1. The molecule has 0 atom stereocenters. The smallest absolute Gasteiger partial charge is 0.238 e. The van der Waals surface area contributed by atoms with Gasteiger partial charge in [0.1, 0.15) is 5.82 Å². The lowest BCUT2D eigenvalue weighted by Crippen LogP contribution is -2.21. The minimum atomic E-state index is -3.75. The van der Waals surface area contributed by atoms with E-state index in [9.17, 15) is 8.42 Å². The molecule has 0 aliphatic rings. The molecule has 108 valence electrons. The molecular weight excluding hydrogens is 278 g/mol. The molecule has 4 N–H and O–H groups in total. The number of aromatic nitrogens is 2. The highest BCUT2D eigenvalue weighted by Gasteiger charge is 2.14. The molecule has 0 amide bonds. The highest BCUT2D eigenvalue weighted by Crippen LogP contribution is 2.26. The van der Waals surface area contributed by atoms with Crippen LogP contribution in [0.1, 0.15) is 5.82 Å². The molecule has 1 aromatic heterocycles. The predicted octanol–water partition coefficient (Wildman–Crippen LogP) is 0.286. The highest BCUT2D eigenvalue weighted by atomic mass is 32.2. The summed E-state index contributed by atoms with van der Waals surface area (Å²) in [6.45, 7) is 0.502. The number of nitrogens with two attached hydrogens (primary N) is 2. The Morgan fingerprint density at radius 1 is 1.40 bits per heavy atom. The fourth-order valence-corrected chi connectivity index (χ4v) is 2.41. The van der Waals surface area contributed by atoms with Gasteiger partial charge in [-0.2, -0.15) is 0 Å². The Kier molecular flexibility index (Phi) is 3.69. The van der Waals surface area contributed by atoms with Crippen LogP contribution >= 0.6 is 0 Å². The Bertz CT molecular complexity index is 723. The molecule has 7 nitrogen and oxygen atoms in total. The van der Waals surface area contributed by atoms with Gasteiger partial charge in [-0.1, -0.05) is 0 Å². The van der Waals surface area contributed by atoms with Crippen LogP contribution in [0.3, 0.4) is 0 Å². The molecule has 0 saturated carbocycles. The third kappa shape index (κ3) is 2.91. The molecule has 0 radical (unpaired) electrons. The summed E-state index contributed by atoms with van der Waals surface area (Å²) in [6.07, 6.45) is 3.54. The average Bonchev–Trinajstić information content (AvgIpc) is 2.74. The molecule has 0 spiro atoms. The van der Waals surface area contributed by atoms with E-state index >= 15 is 0 Å². The summed E-state index contributed by atoms with van der Waals surface area (Å²) in [5.41, 5.74) is 6.97. The quantitative estimate of drug-likeness (QED) is 0.788. The van der Waals surface area contributed by atoms with Gasteiger partial charge in [0.05, 0.1) is 22.8 Å². The molecule has 2 aromatic rings. The van der Waals surface area contributed by atoms with Gasteiger partial charge in [-0.25, -0.2) is 18.5 Å². The van der Waals surface area contributed by atoms with Crippen molar-refractivity contribution < 1.29 is 8.42 Å². The molecule has 0 fully saturated rings. The minimum absolute atomic E-state index is 0.0355. The number of anilines is 2. The van der Waals surface area contributed by atoms with E-state index in [1.165, 1.54) is 18.2 Å². The van der Waals surface area contributed by atoms with Crippen LogP contribution in [0.4, 0.5) is 11.4 Å². The maximum Gasteiger partial charge on any atom is 0.238 e. The number of rotatable bonds is 4. The molecule has 0 unspecified atom stereocenters. The van der Waals surface area contributed by atoms with Crippen LogP contribution in [0.2, 0.25) is 0 Å². The highest BCUT2D eigenvalue weighted by molar-refractivity contribution is 7.89. The van der Waals surface area contributed by atoms with E-state index < -0.39 is 10.0 Å². The number of hydrogen-bond acceptors (Lipinski definition) is 5. The molecule has 20 heavy (non-hydrogen) atoms. The number of aryl methyl sites for hydroxylation is 1.